The predicted molar refractivity (Wildman–Crippen MR) is 73.9 cm³/mol. The number of ether oxygens (including phenoxy) is 2. The number of carbonyl (C=O) groups excluding carboxylic acids is 1. The van der Waals surface area contributed by atoms with Gasteiger partial charge in [0.1, 0.15) is 11.4 Å². The highest BCUT2D eigenvalue weighted by molar-refractivity contribution is 5.86. The molecule has 0 fully saturated rings. The Morgan fingerprint density at radius 1 is 1.27 bits per heavy atom. The first kappa shape index (κ1) is 18.1. The van der Waals surface area contributed by atoms with Crippen LogP contribution in [-0.4, -0.2) is 30.1 Å². The number of carbonyl (C=O) groups is 1. The van der Waals surface area contributed by atoms with E-state index in [-0.39, 0.29) is 11.4 Å². The van der Waals surface area contributed by atoms with E-state index in [2.05, 4.69) is 5.32 Å². The molecule has 1 aromatic carbocycles. The number of amides is 1. The van der Waals surface area contributed by atoms with E-state index in [9.17, 15) is 23.1 Å². The average molecular weight is 321 g/mol. The van der Waals surface area contributed by atoms with E-state index in [1.165, 1.54) is 19.2 Å². The number of benzene rings is 1. The molecule has 0 bridgehead atoms. The number of hydrogen-bond acceptors (Lipinski definition) is 4. The van der Waals surface area contributed by atoms with Crippen LogP contribution in [0.3, 0.4) is 0 Å². The van der Waals surface area contributed by atoms with E-state index in [1.54, 1.807) is 20.8 Å². The molecule has 0 unspecified atom stereocenters. The third kappa shape index (κ3) is 5.10. The van der Waals surface area contributed by atoms with Crippen LogP contribution in [0.25, 0.3) is 0 Å². The summed E-state index contributed by atoms with van der Waals surface area (Å²) in [7, 11) is 1.33. The van der Waals surface area contributed by atoms with Gasteiger partial charge in [-0.15, -0.1) is 0 Å². The Bertz CT molecular complexity index is 538. The molecule has 1 atom stereocenters. The molecule has 1 amide bonds. The first-order valence-electron chi connectivity index (χ1n) is 6.37. The van der Waals surface area contributed by atoms with Crippen LogP contribution in [0.4, 0.5) is 23.7 Å². The van der Waals surface area contributed by atoms with Crippen molar-refractivity contribution in [3.05, 3.63) is 23.8 Å². The number of anilines is 1. The minimum Gasteiger partial charge on any atom is -0.497 e. The van der Waals surface area contributed by atoms with Gasteiger partial charge in [-0.25, -0.2) is 4.79 Å². The van der Waals surface area contributed by atoms with Crippen molar-refractivity contribution in [1.82, 2.24) is 0 Å². The van der Waals surface area contributed by atoms with Crippen LogP contribution >= 0.6 is 0 Å². The van der Waals surface area contributed by atoms with Crippen molar-refractivity contribution in [3.63, 3.8) is 0 Å². The van der Waals surface area contributed by atoms with Crippen molar-refractivity contribution in [1.29, 1.82) is 0 Å². The molecule has 1 aromatic rings. The lowest BCUT2D eigenvalue weighted by Gasteiger charge is -2.22. The lowest BCUT2D eigenvalue weighted by atomic mass is 10.1. The topological polar surface area (TPSA) is 67.8 Å². The van der Waals surface area contributed by atoms with E-state index >= 15 is 0 Å². The molecule has 0 saturated heterocycles. The van der Waals surface area contributed by atoms with Crippen molar-refractivity contribution in [2.45, 2.75) is 38.7 Å². The zero-order valence-corrected chi connectivity index (χ0v) is 12.6. The number of hydrogen-bond donors (Lipinski definition) is 2. The summed E-state index contributed by atoms with van der Waals surface area (Å²) in [6.07, 6.45) is -8.53. The fraction of sp³-hybridized carbons (Fsp3) is 0.500. The van der Waals surface area contributed by atoms with Gasteiger partial charge in [0.05, 0.1) is 12.8 Å². The van der Waals surface area contributed by atoms with E-state index in [4.69, 9.17) is 9.47 Å². The predicted octanol–water partition coefficient (Wildman–Crippen LogP) is 3.64. The Morgan fingerprint density at radius 2 is 1.86 bits per heavy atom. The lowest BCUT2D eigenvalue weighted by molar-refractivity contribution is -0.206. The highest BCUT2D eigenvalue weighted by Crippen LogP contribution is 2.37. The Hall–Kier alpha value is -1.96. The summed E-state index contributed by atoms with van der Waals surface area (Å²) in [5.41, 5.74) is -1.55. The molecule has 0 aliphatic rings. The maximum atomic E-state index is 12.7. The zero-order valence-electron chi connectivity index (χ0n) is 12.6. The quantitative estimate of drug-likeness (QED) is 0.892. The van der Waals surface area contributed by atoms with Gasteiger partial charge in [-0.3, -0.25) is 5.32 Å². The van der Waals surface area contributed by atoms with Crippen LogP contribution in [0.2, 0.25) is 0 Å². The summed E-state index contributed by atoms with van der Waals surface area (Å²) < 4.78 is 47.9. The molecule has 8 heteroatoms. The number of aliphatic hydroxyl groups is 1. The van der Waals surface area contributed by atoms with Crippen molar-refractivity contribution in [2.75, 3.05) is 12.4 Å². The number of rotatable bonds is 3. The zero-order chi connectivity index (χ0) is 17.1. The maximum absolute atomic E-state index is 12.7. The van der Waals surface area contributed by atoms with Gasteiger partial charge in [-0.1, -0.05) is 6.07 Å². The number of aliphatic hydroxyl groups excluding tert-OH is 1. The Kier molecular flexibility index (Phi) is 5.29. The normalized spacial score (nSPS) is 13.5. The smallest absolute Gasteiger partial charge is 0.418 e. The first-order valence-corrected chi connectivity index (χ1v) is 6.37. The Balaban J connectivity index is 3.12. The molecular formula is C14H18F3NO4. The van der Waals surface area contributed by atoms with Crippen LogP contribution in [0.15, 0.2) is 18.2 Å². The van der Waals surface area contributed by atoms with E-state index in [1.807, 2.05) is 0 Å². The minimum atomic E-state index is -4.86. The maximum Gasteiger partial charge on any atom is 0.418 e. The molecule has 22 heavy (non-hydrogen) atoms. The lowest BCUT2D eigenvalue weighted by Crippen LogP contribution is -2.28. The summed E-state index contributed by atoms with van der Waals surface area (Å²) in [5.74, 6) is 0.226. The monoisotopic (exact) mass is 321 g/mol. The molecule has 124 valence electrons. The molecule has 0 aliphatic carbocycles. The van der Waals surface area contributed by atoms with E-state index in [0.717, 1.165) is 6.07 Å². The number of methoxy groups -OCH3 is 1. The summed E-state index contributed by atoms with van der Waals surface area (Å²) >= 11 is 0. The molecule has 2 N–H and O–H groups in total. The van der Waals surface area contributed by atoms with Gasteiger partial charge in [0.2, 0.25) is 0 Å². The van der Waals surface area contributed by atoms with Gasteiger partial charge in [0.15, 0.2) is 6.10 Å². The summed E-state index contributed by atoms with van der Waals surface area (Å²) in [4.78, 5) is 11.7. The molecule has 0 aromatic heterocycles. The van der Waals surface area contributed by atoms with Crippen LogP contribution < -0.4 is 10.1 Å². The third-order valence-electron chi connectivity index (χ3n) is 2.50. The van der Waals surface area contributed by atoms with E-state index in [0.29, 0.717) is 0 Å². The van der Waals surface area contributed by atoms with Gasteiger partial charge in [0.25, 0.3) is 0 Å². The van der Waals surface area contributed by atoms with Crippen LogP contribution in [0.1, 0.15) is 32.4 Å². The summed E-state index contributed by atoms with van der Waals surface area (Å²) in [6, 6.07) is 3.46. The van der Waals surface area contributed by atoms with Crippen LogP contribution in [0, 0.1) is 0 Å². The molecule has 0 saturated carbocycles. The second kappa shape index (κ2) is 6.43. The van der Waals surface area contributed by atoms with E-state index < -0.39 is 29.5 Å². The van der Waals surface area contributed by atoms with Gasteiger partial charge in [-0.2, -0.15) is 13.2 Å². The minimum absolute atomic E-state index is 0.226. The fourth-order valence-corrected chi connectivity index (χ4v) is 1.60. The standard InChI is InChI=1S/C14H18F3NO4/c1-13(2,3)22-12(20)18-10-7-8(21-4)5-6-9(10)11(19)14(15,16)17/h5-7,11,19H,1-4H3,(H,18,20)/t11-/m1/s1. The Labute approximate surface area is 126 Å². The largest absolute Gasteiger partial charge is 0.497 e. The number of halogens is 3. The molecule has 0 spiro atoms. The SMILES string of the molecule is COc1ccc([C@@H](O)C(F)(F)F)c(NC(=O)OC(C)(C)C)c1. The fourth-order valence-electron chi connectivity index (χ4n) is 1.60. The van der Waals surface area contributed by atoms with Crippen LogP contribution in [-0.2, 0) is 4.74 Å². The molecular weight excluding hydrogens is 303 g/mol. The second-order valence-electron chi connectivity index (χ2n) is 5.52. The Morgan fingerprint density at radius 3 is 2.32 bits per heavy atom. The highest BCUT2D eigenvalue weighted by Gasteiger charge is 2.41. The molecule has 0 radical (unpaired) electrons. The van der Waals surface area contributed by atoms with Crippen molar-refractivity contribution in [3.8, 4) is 5.75 Å². The van der Waals surface area contributed by atoms with Crippen molar-refractivity contribution < 1.29 is 32.5 Å². The third-order valence-corrected chi connectivity index (χ3v) is 2.50. The van der Waals surface area contributed by atoms with Gasteiger partial charge in [0, 0.05) is 11.6 Å². The van der Waals surface area contributed by atoms with Gasteiger partial charge < -0.3 is 14.6 Å². The van der Waals surface area contributed by atoms with Crippen molar-refractivity contribution >= 4 is 11.8 Å². The summed E-state index contributed by atoms with van der Waals surface area (Å²) in [5, 5.41) is 11.6. The molecule has 5 nitrogen and oxygen atoms in total. The van der Waals surface area contributed by atoms with Gasteiger partial charge >= 0.3 is 12.3 Å². The second-order valence-corrected chi connectivity index (χ2v) is 5.52. The molecule has 0 aliphatic heterocycles. The average Bonchev–Trinajstić information content (AvgIpc) is 2.34. The molecule has 0 heterocycles. The van der Waals surface area contributed by atoms with Gasteiger partial charge in [-0.05, 0) is 26.8 Å². The number of nitrogens with one attached hydrogen (secondary N) is 1. The first-order chi connectivity index (χ1) is 9.94. The number of alkyl halides is 3. The van der Waals surface area contributed by atoms with Crippen molar-refractivity contribution in [2.24, 2.45) is 0 Å². The highest BCUT2D eigenvalue weighted by atomic mass is 19.4. The summed E-state index contributed by atoms with van der Waals surface area (Å²) in [6.45, 7) is 4.84. The molecule has 1 rings (SSSR count). The van der Waals surface area contributed by atoms with Crippen LogP contribution in [0.5, 0.6) is 5.75 Å².